The Morgan fingerprint density at radius 3 is 2.67 bits per heavy atom. The van der Waals surface area contributed by atoms with E-state index in [1.807, 2.05) is 6.92 Å². The molecule has 6 heteroatoms. The fraction of sp³-hybridized carbons (Fsp3) is 0.333. The lowest BCUT2D eigenvalue weighted by Crippen LogP contribution is -2.23. The van der Waals surface area contributed by atoms with Gasteiger partial charge in [-0.2, -0.15) is 0 Å². The first-order valence-electron chi connectivity index (χ1n) is 5.45. The van der Waals surface area contributed by atoms with Crippen LogP contribution in [0.25, 0.3) is 0 Å². The second-order valence-electron chi connectivity index (χ2n) is 3.73. The number of benzene rings is 1. The van der Waals surface area contributed by atoms with Gasteiger partial charge in [-0.25, -0.2) is 4.39 Å². The van der Waals surface area contributed by atoms with Crippen LogP contribution >= 0.6 is 24.0 Å². The van der Waals surface area contributed by atoms with Crippen LogP contribution in [0.3, 0.4) is 0 Å². The Morgan fingerprint density at radius 2 is 2.11 bits per heavy atom. The first-order valence-corrected chi connectivity index (χ1v) is 6.91. The number of thiocarbonyl (C=S) groups is 1. The van der Waals surface area contributed by atoms with Crippen molar-refractivity contribution in [2.75, 3.05) is 11.1 Å². The van der Waals surface area contributed by atoms with Crippen LogP contribution in [0, 0.1) is 5.82 Å². The van der Waals surface area contributed by atoms with Crippen molar-refractivity contribution in [2.24, 2.45) is 5.73 Å². The molecule has 0 bridgehead atoms. The number of nitrogens with two attached hydrogens (primary N) is 1. The van der Waals surface area contributed by atoms with Gasteiger partial charge in [0.05, 0.1) is 10.2 Å². The predicted molar refractivity (Wildman–Crippen MR) is 78.4 cm³/mol. The highest BCUT2D eigenvalue weighted by atomic mass is 32.2. The number of hydrogen-bond donors (Lipinski definition) is 2. The van der Waals surface area contributed by atoms with Crippen molar-refractivity contribution in [3.05, 3.63) is 30.1 Å². The molecule has 0 heterocycles. The maximum Gasteiger partial charge on any atom is 0.237 e. The van der Waals surface area contributed by atoms with Crippen molar-refractivity contribution in [1.29, 1.82) is 0 Å². The molecule has 1 rings (SSSR count). The second kappa shape index (κ2) is 7.33. The summed E-state index contributed by atoms with van der Waals surface area (Å²) in [6.07, 6.45) is 0.619. The molecule has 0 saturated carbocycles. The van der Waals surface area contributed by atoms with Crippen LogP contribution in [0.15, 0.2) is 24.3 Å². The summed E-state index contributed by atoms with van der Waals surface area (Å²) < 4.78 is 12.7. The summed E-state index contributed by atoms with van der Waals surface area (Å²) in [6.45, 7) is 1.81. The van der Waals surface area contributed by atoms with Gasteiger partial charge in [0.1, 0.15) is 5.82 Å². The highest BCUT2D eigenvalue weighted by molar-refractivity contribution is 8.00. The van der Waals surface area contributed by atoms with Crippen molar-refractivity contribution < 1.29 is 9.18 Å². The molecule has 1 aromatic carbocycles. The lowest BCUT2D eigenvalue weighted by Gasteiger charge is -2.11. The SMILES string of the molecule is CC(SCCC(N)=S)C(=O)Nc1ccc(F)cc1. The number of rotatable bonds is 6. The summed E-state index contributed by atoms with van der Waals surface area (Å²) >= 11 is 6.24. The number of halogens is 1. The monoisotopic (exact) mass is 286 g/mol. The number of anilines is 1. The number of carbonyl (C=O) groups is 1. The Bertz CT molecular complexity index is 423. The Morgan fingerprint density at radius 1 is 1.50 bits per heavy atom. The maximum absolute atomic E-state index is 12.7. The van der Waals surface area contributed by atoms with E-state index in [0.29, 0.717) is 22.8 Å². The van der Waals surface area contributed by atoms with Crippen LogP contribution < -0.4 is 11.1 Å². The first kappa shape index (κ1) is 14.9. The third kappa shape index (κ3) is 5.46. The molecule has 18 heavy (non-hydrogen) atoms. The highest BCUT2D eigenvalue weighted by Gasteiger charge is 2.13. The van der Waals surface area contributed by atoms with Crippen LogP contribution in [0.4, 0.5) is 10.1 Å². The molecule has 0 saturated heterocycles. The van der Waals surface area contributed by atoms with Crippen molar-refractivity contribution >= 4 is 40.6 Å². The van der Waals surface area contributed by atoms with E-state index in [9.17, 15) is 9.18 Å². The van der Waals surface area contributed by atoms with Gasteiger partial charge in [0.25, 0.3) is 0 Å². The van der Waals surface area contributed by atoms with E-state index < -0.39 is 0 Å². The van der Waals surface area contributed by atoms with Gasteiger partial charge in [-0.05, 0) is 31.2 Å². The van der Waals surface area contributed by atoms with Gasteiger partial charge < -0.3 is 11.1 Å². The minimum absolute atomic E-state index is 0.116. The Labute approximate surface area is 115 Å². The van der Waals surface area contributed by atoms with Gasteiger partial charge >= 0.3 is 0 Å². The Balaban J connectivity index is 2.39. The molecular weight excluding hydrogens is 271 g/mol. The standard InChI is InChI=1S/C12H15FN2OS2/c1-8(18-7-6-11(14)17)12(16)15-10-4-2-9(13)3-5-10/h2-5,8H,6-7H2,1H3,(H2,14,17)(H,15,16). The normalized spacial score (nSPS) is 11.9. The highest BCUT2D eigenvalue weighted by Crippen LogP contribution is 2.15. The molecule has 1 aromatic rings. The molecule has 1 unspecified atom stereocenters. The largest absolute Gasteiger partial charge is 0.393 e. The topological polar surface area (TPSA) is 55.1 Å². The lowest BCUT2D eigenvalue weighted by atomic mass is 10.3. The van der Waals surface area contributed by atoms with Crippen LogP contribution in [0.5, 0.6) is 0 Å². The van der Waals surface area contributed by atoms with Crippen LogP contribution in [0.2, 0.25) is 0 Å². The molecule has 3 nitrogen and oxygen atoms in total. The molecule has 0 aliphatic carbocycles. The number of thioether (sulfide) groups is 1. The zero-order chi connectivity index (χ0) is 13.5. The zero-order valence-corrected chi connectivity index (χ0v) is 11.6. The van der Waals surface area contributed by atoms with E-state index in [2.05, 4.69) is 5.32 Å². The smallest absolute Gasteiger partial charge is 0.237 e. The first-order chi connectivity index (χ1) is 8.49. The fourth-order valence-corrected chi connectivity index (χ4v) is 2.32. The predicted octanol–water partition coefficient (Wildman–Crippen LogP) is 2.56. The number of amides is 1. The fourth-order valence-electron chi connectivity index (χ4n) is 1.19. The van der Waals surface area contributed by atoms with Gasteiger partial charge in [0, 0.05) is 17.9 Å². The average Bonchev–Trinajstić information content (AvgIpc) is 2.31. The molecule has 0 spiro atoms. The molecule has 0 aliphatic heterocycles. The summed E-state index contributed by atoms with van der Waals surface area (Å²) in [5.41, 5.74) is 5.96. The third-order valence-corrected chi connectivity index (χ3v) is 3.56. The number of hydrogen-bond acceptors (Lipinski definition) is 3. The van der Waals surface area contributed by atoms with Crippen molar-refractivity contribution in [3.63, 3.8) is 0 Å². The summed E-state index contributed by atoms with van der Waals surface area (Å²) in [5, 5.41) is 2.51. The minimum Gasteiger partial charge on any atom is -0.393 e. The summed E-state index contributed by atoms with van der Waals surface area (Å²) in [7, 11) is 0. The molecule has 0 radical (unpaired) electrons. The van der Waals surface area contributed by atoms with Gasteiger partial charge in [-0.3, -0.25) is 4.79 Å². The molecule has 0 aliphatic rings. The number of carbonyl (C=O) groups excluding carboxylic acids is 1. The van der Waals surface area contributed by atoms with Crippen LogP contribution in [0.1, 0.15) is 13.3 Å². The van der Waals surface area contributed by atoms with Crippen molar-refractivity contribution in [2.45, 2.75) is 18.6 Å². The van der Waals surface area contributed by atoms with Gasteiger partial charge in [0.2, 0.25) is 5.91 Å². The lowest BCUT2D eigenvalue weighted by molar-refractivity contribution is -0.115. The van der Waals surface area contributed by atoms with Crippen LogP contribution in [-0.2, 0) is 4.79 Å². The van der Waals surface area contributed by atoms with E-state index >= 15 is 0 Å². The molecule has 1 amide bonds. The molecule has 1 atom stereocenters. The number of nitrogens with one attached hydrogen (secondary N) is 1. The Hall–Kier alpha value is -1.14. The second-order valence-corrected chi connectivity index (χ2v) is 5.70. The zero-order valence-electron chi connectivity index (χ0n) is 9.98. The van der Waals surface area contributed by atoms with E-state index in [4.69, 9.17) is 18.0 Å². The Kier molecular flexibility index (Phi) is 6.07. The molecule has 98 valence electrons. The van der Waals surface area contributed by atoms with E-state index in [1.54, 1.807) is 0 Å². The molecule has 0 aromatic heterocycles. The van der Waals surface area contributed by atoms with Gasteiger partial charge in [0.15, 0.2) is 0 Å². The summed E-state index contributed by atoms with van der Waals surface area (Å²) in [5.74, 6) is 0.272. The van der Waals surface area contributed by atoms with E-state index in [0.717, 1.165) is 0 Å². The van der Waals surface area contributed by atoms with Crippen molar-refractivity contribution in [3.8, 4) is 0 Å². The summed E-state index contributed by atoms with van der Waals surface area (Å²) in [4.78, 5) is 12.2. The quantitative estimate of drug-likeness (QED) is 0.789. The molecular formula is C12H15FN2OS2. The minimum atomic E-state index is -0.327. The van der Waals surface area contributed by atoms with E-state index in [-0.39, 0.29) is 17.0 Å². The third-order valence-electron chi connectivity index (χ3n) is 2.20. The van der Waals surface area contributed by atoms with Crippen LogP contribution in [-0.4, -0.2) is 21.9 Å². The van der Waals surface area contributed by atoms with E-state index in [1.165, 1.54) is 36.0 Å². The van der Waals surface area contributed by atoms with Gasteiger partial charge in [-0.15, -0.1) is 11.8 Å². The molecule has 3 N–H and O–H groups in total. The average molecular weight is 286 g/mol. The summed E-state index contributed by atoms with van der Waals surface area (Å²) in [6, 6.07) is 5.67. The maximum atomic E-state index is 12.7. The van der Waals surface area contributed by atoms with Gasteiger partial charge in [-0.1, -0.05) is 12.2 Å². The molecule has 0 fully saturated rings. The van der Waals surface area contributed by atoms with Crippen molar-refractivity contribution in [1.82, 2.24) is 0 Å².